The van der Waals surface area contributed by atoms with E-state index in [1.165, 1.54) is 47.8 Å². The Morgan fingerprint density at radius 2 is 0.830 bits per heavy atom. The van der Waals surface area contributed by atoms with Crippen LogP contribution in [0.1, 0.15) is 0 Å². The monoisotopic (exact) mass is 692 g/mol. The maximum atomic E-state index is 5.39. The second kappa shape index (κ2) is 13.1. The number of nitrogens with zero attached hydrogens (tertiary/aromatic N) is 2. The average molecular weight is 693 g/mol. The van der Waals surface area contributed by atoms with E-state index >= 15 is 0 Å². The van der Waals surface area contributed by atoms with Crippen LogP contribution in [0.4, 0.5) is 0 Å². The molecule has 10 aromatic rings. The topological polar surface area (TPSA) is 25.8 Å². The third kappa shape index (κ3) is 5.68. The van der Waals surface area contributed by atoms with Crippen LogP contribution < -0.4 is 0 Å². The van der Waals surface area contributed by atoms with Gasteiger partial charge in [0.15, 0.2) is 5.82 Å². The van der Waals surface area contributed by atoms with Crippen LogP contribution in [0.3, 0.4) is 0 Å². The minimum Gasteiger partial charge on any atom is -0.228 e. The van der Waals surface area contributed by atoms with E-state index < -0.39 is 0 Å². The van der Waals surface area contributed by atoms with Crippen molar-refractivity contribution < 1.29 is 0 Å². The zero-order valence-electron chi connectivity index (χ0n) is 28.8. The molecule has 248 valence electrons. The molecule has 0 aliphatic carbocycles. The fraction of sp³-hybridized carbons (Fsp3) is 0. The van der Waals surface area contributed by atoms with E-state index in [9.17, 15) is 0 Å². The highest BCUT2D eigenvalue weighted by atomic mass is 32.1. The van der Waals surface area contributed by atoms with E-state index in [0.29, 0.717) is 5.82 Å². The molecule has 0 spiro atoms. The van der Waals surface area contributed by atoms with Gasteiger partial charge in [0.1, 0.15) is 0 Å². The zero-order valence-corrected chi connectivity index (χ0v) is 29.6. The van der Waals surface area contributed by atoms with Crippen molar-refractivity contribution in [1.29, 1.82) is 0 Å². The van der Waals surface area contributed by atoms with E-state index in [0.717, 1.165) is 44.6 Å². The molecule has 0 N–H and O–H groups in total. The largest absolute Gasteiger partial charge is 0.228 e. The van der Waals surface area contributed by atoms with Crippen LogP contribution >= 0.6 is 11.3 Å². The molecule has 0 unspecified atom stereocenters. The molecule has 2 heterocycles. The summed E-state index contributed by atoms with van der Waals surface area (Å²) in [6.07, 6.45) is 0. The minimum absolute atomic E-state index is 0.710. The standard InChI is InChI=1S/C50H32N2S/c1-3-15-33(16-4-1)39-21-9-10-23-41(39)36-29-37(42-25-14-26-44-43-24-11-12-28-48(43)53-49(42)44)31-38(30-36)47-32-46(35-18-5-2-6-19-35)51-50(52-47)45-27-13-20-34-17-7-8-22-40(34)45/h1-32H. The molecule has 0 amide bonds. The third-order valence-electron chi connectivity index (χ3n) is 10.1. The lowest BCUT2D eigenvalue weighted by Gasteiger charge is -2.16. The molecule has 8 aromatic carbocycles. The maximum absolute atomic E-state index is 5.39. The first-order valence-corrected chi connectivity index (χ1v) is 18.7. The van der Waals surface area contributed by atoms with Gasteiger partial charge < -0.3 is 0 Å². The molecule has 2 aromatic heterocycles. The lowest BCUT2D eigenvalue weighted by atomic mass is 9.90. The summed E-state index contributed by atoms with van der Waals surface area (Å²) in [6, 6.07) is 69.2. The Morgan fingerprint density at radius 1 is 0.321 bits per heavy atom. The first-order valence-electron chi connectivity index (χ1n) is 17.9. The van der Waals surface area contributed by atoms with Crippen LogP contribution in [0.5, 0.6) is 0 Å². The molecule has 2 nitrogen and oxygen atoms in total. The summed E-state index contributed by atoms with van der Waals surface area (Å²) >= 11 is 1.86. The molecular weight excluding hydrogens is 661 g/mol. The van der Waals surface area contributed by atoms with Gasteiger partial charge in [0.05, 0.1) is 11.4 Å². The fourth-order valence-corrected chi connectivity index (χ4v) is 8.80. The number of hydrogen-bond acceptors (Lipinski definition) is 3. The van der Waals surface area contributed by atoms with Crippen LogP contribution in [-0.2, 0) is 0 Å². The quantitative estimate of drug-likeness (QED) is 0.173. The SMILES string of the molecule is c1ccc(-c2cc(-c3cc(-c4ccccc4-c4ccccc4)cc(-c4cccc5c4sc4ccccc45)c3)nc(-c3cccc4ccccc34)n2)cc1. The molecule has 0 aliphatic rings. The molecule has 0 bridgehead atoms. The molecule has 0 radical (unpaired) electrons. The van der Waals surface area contributed by atoms with Crippen LogP contribution in [0.25, 0.3) is 98.2 Å². The number of benzene rings is 8. The van der Waals surface area contributed by atoms with Crippen molar-refractivity contribution in [2.24, 2.45) is 0 Å². The summed E-state index contributed by atoms with van der Waals surface area (Å²) in [5.74, 6) is 0.710. The minimum atomic E-state index is 0.710. The predicted octanol–water partition coefficient (Wildman–Crippen LogP) is 14.0. The second-order valence-electron chi connectivity index (χ2n) is 13.3. The Hall–Kier alpha value is -6.68. The van der Waals surface area contributed by atoms with Gasteiger partial charge >= 0.3 is 0 Å². The lowest BCUT2D eigenvalue weighted by molar-refractivity contribution is 1.19. The highest BCUT2D eigenvalue weighted by Gasteiger charge is 2.18. The summed E-state index contributed by atoms with van der Waals surface area (Å²) in [4.78, 5) is 10.6. The second-order valence-corrected chi connectivity index (χ2v) is 14.4. The number of fused-ring (bicyclic) bond motifs is 4. The summed E-state index contributed by atoms with van der Waals surface area (Å²) in [7, 11) is 0. The first kappa shape index (κ1) is 31.1. The van der Waals surface area contributed by atoms with Crippen LogP contribution in [-0.4, -0.2) is 9.97 Å². The summed E-state index contributed by atoms with van der Waals surface area (Å²) in [5.41, 5.74) is 12.0. The molecule has 3 heteroatoms. The fourth-order valence-electron chi connectivity index (χ4n) is 7.56. The van der Waals surface area contributed by atoms with Crippen LogP contribution in [0.15, 0.2) is 194 Å². The highest BCUT2D eigenvalue weighted by molar-refractivity contribution is 7.26. The summed E-state index contributed by atoms with van der Waals surface area (Å²) in [6.45, 7) is 0. The average Bonchev–Trinajstić information content (AvgIpc) is 3.63. The van der Waals surface area contributed by atoms with Crippen molar-refractivity contribution in [3.05, 3.63) is 194 Å². The van der Waals surface area contributed by atoms with Crippen molar-refractivity contribution in [3.63, 3.8) is 0 Å². The van der Waals surface area contributed by atoms with E-state index in [1.54, 1.807) is 0 Å². The van der Waals surface area contributed by atoms with Crippen molar-refractivity contribution in [2.75, 3.05) is 0 Å². The number of thiophene rings is 1. The van der Waals surface area contributed by atoms with Gasteiger partial charge in [0.2, 0.25) is 0 Å². The zero-order chi connectivity index (χ0) is 35.1. The Bertz CT molecular complexity index is 2940. The number of rotatable bonds is 6. The van der Waals surface area contributed by atoms with E-state index in [1.807, 2.05) is 17.4 Å². The lowest BCUT2D eigenvalue weighted by Crippen LogP contribution is -1.97. The number of aromatic nitrogens is 2. The molecule has 0 fully saturated rings. The number of hydrogen-bond donors (Lipinski definition) is 0. The van der Waals surface area contributed by atoms with Gasteiger partial charge in [-0.3, -0.25) is 0 Å². The van der Waals surface area contributed by atoms with Crippen molar-refractivity contribution >= 4 is 42.3 Å². The highest BCUT2D eigenvalue weighted by Crippen LogP contribution is 2.43. The van der Waals surface area contributed by atoms with Gasteiger partial charge in [0.25, 0.3) is 0 Å². The smallest absolute Gasteiger partial charge is 0.161 e. The van der Waals surface area contributed by atoms with Crippen molar-refractivity contribution in [2.45, 2.75) is 0 Å². The van der Waals surface area contributed by atoms with Gasteiger partial charge in [-0.2, -0.15) is 0 Å². The van der Waals surface area contributed by atoms with E-state index in [4.69, 9.17) is 9.97 Å². The Balaban J connectivity index is 1.25. The van der Waals surface area contributed by atoms with Gasteiger partial charge in [-0.05, 0) is 74.5 Å². The van der Waals surface area contributed by atoms with Crippen molar-refractivity contribution in [3.8, 4) is 67.3 Å². The molecule has 0 saturated carbocycles. The summed E-state index contributed by atoms with van der Waals surface area (Å²) in [5, 5.41) is 4.88. The van der Waals surface area contributed by atoms with Gasteiger partial charge in [0, 0.05) is 36.9 Å². The Morgan fingerprint density at radius 3 is 1.62 bits per heavy atom. The van der Waals surface area contributed by atoms with Gasteiger partial charge in [-0.15, -0.1) is 11.3 Å². The molecule has 53 heavy (non-hydrogen) atoms. The normalized spacial score (nSPS) is 11.4. The Labute approximate surface area is 312 Å². The summed E-state index contributed by atoms with van der Waals surface area (Å²) < 4.78 is 2.58. The van der Waals surface area contributed by atoms with Gasteiger partial charge in [-0.1, -0.05) is 164 Å². The van der Waals surface area contributed by atoms with Crippen LogP contribution in [0, 0.1) is 0 Å². The molecule has 0 aliphatic heterocycles. The maximum Gasteiger partial charge on any atom is 0.161 e. The van der Waals surface area contributed by atoms with Crippen molar-refractivity contribution in [1.82, 2.24) is 9.97 Å². The Kier molecular flexibility index (Phi) is 7.71. The van der Waals surface area contributed by atoms with E-state index in [-0.39, 0.29) is 0 Å². The third-order valence-corrected chi connectivity index (χ3v) is 11.3. The van der Waals surface area contributed by atoms with Crippen LogP contribution in [0.2, 0.25) is 0 Å². The molecule has 10 rings (SSSR count). The van der Waals surface area contributed by atoms with E-state index in [2.05, 4.69) is 188 Å². The molecule has 0 saturated heterocycles. The van der Waals surface area contributed by atoms with Gasteiger partial charge in [-0.25, -0.2) is 9.97 Å². The molecular formula is C50H32N2S. The first-order chi connectivity index (χ1) is 26.3. The molecule has 0 atom stereocenters. The predicted molar refractivity (Wildman–Crippen MR) is 225 cm³/mol.